The van der Waals surface area contributed by atoms with Crippen molar-refractivity contribution in [3.8, 4) is 0 Å². The van der Waals surface area contributed by atoms with E-state index in [-0.39, 0.29) is 0 Å². The Bertz CT molecular complexity index is 437. The molecule has 0 fully saturated rings. The topological polar surface area (TPSA) is 58.6 Å². The van der Waals surface area contributed by atoms with Gasteiger partial charge in [0, 0.05) is 23.3 Å². The molecule has 0 saturated heterocycles. The number of aromatic nitrogens is 3. The van der Waals surface area contributed by atoms with Crippen LogP contribution in [0.5, 0.6) is 0 Å². The lowest BCUT2D eigenvalue weighted by molar-refractivity contribution is 0.112. The van der Waals surface area contributed by atoms with Gasteiger partial charge in [-0.2, -0.15) is 0 Å². The standard InChI is InChI=1S/C7H4BrN3O/c8-7-10-2-5-4(3-12)1-9-6(5)11-7/h1-3H,(H,9,10,11). The molecule has 0 radical (unpaired) electrons. The van der Waals surface area contributed by atoms with Crippen LogP contribution in [-0.2, 0) is 0 Å². The van der Waals surface area contributed by atoms with Crippen LogP contribution in [0.15, 0.2) is 17.1 Å². The van der Waals surface area contributed by atoms with Crippen LogP contribution in [0.3, 0.4) is 0 Å². The minimum atomic E-state index is 0.509. The quantitative estimate of drug-likeness (QED) is 0.592. The number of nitrogens with one attached hydrogen (secondary N) is 1. The lowest BCUT2D eigenvalue weighted by Crippen LogP contribution is -1.83. The van der Waals surface area contributed by atoms with Crippen LogP contribution in [0.25, 0.3) is 11.0 Å². The first-order valence-electron chi connectivity index (χ1n) is 3.26. The zero-order chi connectivity index (χ0) is 8.55. The van der Waals surface area contributed by atoms with Crippen LogP contribution < -0.4 is 0 Å². The van der Waals surface area contributed by atoms with Crippen molar-refractivity contribution in [3.05, 3.63) is 22.7 Å². The molecule has 12 heavy (non-hydrogen) atoms. The van der Waals surface area contributed by atoms with Crippen LogP contribution in [0.1, 0.15) is 10.4 Å². The molecular weight excluding hydrogens is 222 g/mol. The summed E-state index contributed by atoms with van der Waals surface area (Å²) in [5.41, 5.74) is 1.25. The summed E-state index contributed by atoms with van der Waals surface area (Å²) in [6.07, 6.45) is 3.99. The first-order valence-corrected chi connectivity index (χ1v) is 4.05. The number of nitrogens with zero attached hydrogens (tertiary/aromatic N) is 2. The first-order chi connectivity index (χ1) is 5.81. The van der Waals surface area contributed by atoms with Gasteiger partial charge >= 0.3 is 0 Å². The van der Waals surface area contributed by atoms with Gasteiger partial charge in [-0.05, 0) is 15.9 Å². The van der Waals surface area contributed by atoms with Crippen molar-refractivity contribution in [3.63, 3.8) is 0 Å². The lowest BCUT2D eigenvalue weighted by Gasteiger charge is -1.89. The maximum Gasteiger partial charge on any atom is 0.198 e. The molecule has 0 bridgehead atoms. The lowest BCUT2D eigenvalue weighted by atomic mass is 10.3. The molecule has 0 aliphatic rings. The van der Waals surface area contributed by atoms with Crippen molar-refractivity contribution in [2.45, 2.75) is 0 Å². The van der Waals surface area contributed by atoms with Crippen molar-refractivity contribution in [2.24, 2.45) is 0 Å². The zero-order valence-corrected chi connectivity index (χ0v) is 7.50. The van der Waals surface area contributed by atoms with Gasteiger partial charge in [-0.3, -0.25) is 4.79 Å². The molecule has 0 aromatic carbocycles. The van der Waals surface area contributed by atoms with Gasteiger partial charge in [0.15, 0.2) is 11.0 Å². The maximum absolute atomic E-state index is 10.5. The summed E-state index contributed by atoms with van der Waals surface area (Å²) < 4.78 is 0.509. The number of fused-ring (bicyclic) bond motifs is 1. The number of halogens is 1. The van der Waals surface area contributed by atoms with E-state index in [0.717, 1.165) is 11.7 Å². The Labute approximate surface area is 76.2 Å². The van der Waals surface area contributed by atoms with Crippen molar-refractivity contribution >= 4 is 33.2 Å². The number of carbonyl (C=O) groups is 1. The highest BCUT2D eigenvalue weighted by atomic mass is 79.9. The number of rotatable bonds is 1. The second-order valence-corrected chi connectivity index (χ2v) is 2.97. The van der Waals surface area contributed by atoms with Gasteiger partial charge in [-0.1, -0.05) is 0 Å². The highest BCUT2D eigenvalue weighted by molar-refractivity contribution is 9.10. The third kappa shape index (κ3) is 1.02. The summed E-state index contributed by atoms with van der Waals surface area (Å²) in [6.45, 7) is 0. The largest absolute Gasteiger partial charge is 0.345 e. The Hall–Kier alpha value is -1.23. The van der Waals surface area contributed by atoms with Crippen molar-refractivity contribution < 1.29 is 4.79 Å². The molecule has 2 rings (SSSR count). The second kappa shape index (κ2) is 2.67. The Morgan fingerprint density at radius 1 is 1.58 bits per heavy atom. The van der Waals surface area contributed by atoms with E-state index < -0.39 is 0 Å². The van der Waals surface area contributed by atoms with E-state index in [4.69, 9.17) is 0 Å². The molecule has 0 aliphatic heterocycles. The Kier molecular flexibility index (Phi) is 1.65. The van der Waals surface area contributed by atoms with Gasteiger partial charge in [0.05, 0.1) is 0 Å². The predicted molar refractivity (Wildman–Crippen MR) is 47.0 cm³/mol. The summed E-state index contributed by atoms with van der Waals surface area (Å²) in [6, 6.07) is 0. The number of hydrogen-bond acceptors (Lipinski definition) is 3. The van der Waals surface area contributed by atoms with Gasteiger partial charge in [0.25, 0.3) is 0 Å². The van der Waals surface area contributed by atoms with Crippen LogP contribution in [0.2, 0.25) is 0 Å². The molecule has 0 amide bonds. The minimum Gasteiger partial charge on any atom is -0.345 e. The number of aromatic amines is 1. The van der Waals surface area contributed by atoms with E-state index in [0.29, 0.717) is 15.9 Å². The summed E-state index contributed by atoms with van der Waals surface area (Å²) >= 11 is 3.13. The molecule has 2 aromatic heterocycles. The van der Waals surface area contributed by atoms with Crippen LogP contribution in [0, 0.1) is 0 Å². The molecule has 5 heteroatoms. The normalized spacial score (nSPS) is 10.4. The first kappa shape index (κ1) is 7.42. The Morgan fingerprint density at radius 3 is 3.17 bits per heavy atom. The molecule has 1 N–H and O–H groups in total. The third-order valence-electron chi connectivity index (χ3n) is 1.56. The molecule has 60 valence electrons. The molecule has 4 nitrogen and oxygen atoms in total. The summed E-state index contributed by atoms with van der Waals surface area (Å²) in [5.74, 6) is 0. The fourth-order valence-corrected chi connectivity index (χ4v) is 1.28. The summed E-state index contributed by atoms with van der Waals surface area (Å²) in [7, 11) is 0. The molecule has 2 heterocycles. The second-order valence-electron chi connectivity index (χ2n) is 2.26. The number of H-pyrrole nitrogens is 1. The highest BCUT2D eigenvalue weighted by Crippen LogP contribution is 2.14. The Morgan fingerprint density at radius 2 is 2.42 bits per heavy atom. The summed E-state index contributed by atoms with van der Waals surface area (Å²) in [5, 5.41) is 0.744. The average Bonchev–Trinajstić information content (AvgIpc) is 2.46. The Balaban J connectivity index is 2.81. The SMILES string of the molecule is O=Cc1c[nH]c2nc(Br)ncc12. The molecular formula is C7H4BrN3O. The van der Waals surface area contributed by atoms with Crippen molar-refractivity contribution in [2.75, 3.05) is 0 Å². The number of hydrogen-bond donors (Lipinski definition) is 1. The van der Waals surface area contributed by atoms with E-state index in [1.807, 2.05) is 0 Å². The number of carbonyl (C=O) groups excluding carboxylic acids is 1. The third-order valence-corrected chi connectivity index (χ3v) is 1.94. The highest BCUT2D eigenvalue weighted by Gasteiger charge is 2.03. The minimum absolute atomic E-state index is 0.509. The van der Waals surface area contributed by atoms with Gasteiger partial charge < -0.3 is 4.98 Å². The van der Waals surface area contributed by atoms with E-state index in [9.17, 15) is 4.79 Å². The maximum atomic E-state index is 10.5. The molecule has 2 aromatic rings. The fraction of sp³-hybridized carbons (Fsp3) is 0. The molecule has 0 aliphatic carbocycles. The fourth-order valence-electron chi connectivity index (χ4n) is 1.00. The van der Waals surface area contributed by atoms with E-state index >= 15 is 0 Å². The molecule has 0 atom stereocenters. The molecule has 0 unspecified atom stereocenters. The summed E-state index contributed by atoms with van der Waals surface area (Å²) in [4.78, 5) is 21.3. The van der Waals surface area contributed by atoms with Gasteiger partial charge in [-0.15, -0.1) is 0 Å². The van der Waals surface area contributed by atoms with E-state index in [2.05, 4.69) is 30.9 Å². The van der Waals surface area contributed by atoms with E-state index in [1.165, 1.54) is 0 Å². The van der Waals surface area contributed by atoms with E-state index in [1.54, 1.807) is 12.4 Å². The average molecular weight is 226 g/mol. The van der Waals surface area contributed by atoms with Crippen molar-refractivity contribution in [1.82, 2.24) is 15.0 Å². The molecule has 0 spiro atoms. The zero-order valence-electron chi connectivity index (χ0n) is 5.91. The number of aldehydes is 1. The van der Waals surface area contributed by atoms with Crippen LogP contribution in [0.4, 0.5) is 0 Å². The van der Waals surface area contributed by atoms with Gasteiger partial charge in [-0.25, -0.2) is 9.97 Å². The van der Waals surface area contributed by atoms with Crippen molar-refractivity contribution in [1.29, 1.82) is 0 Å². The van der Waals surface area contributed by atoms with Gasteiger partial charge in [0.1, 0.15) is 5.65 Å². The van der Waals surface area contributed by atoms with Crippen LogP contribution in [-0.4, -0.2) is 21.2 Å². The van der Waals surface area contributed by atoms with Gasteiger partial charge in [0.2, 0.25) is 0 Å². The smallest absolute Gasteiger partial charge is 0.198 e. The predicted octanol–water partition coefficient (Wildman–Crippen LogP) is 1.53. The molecule has 0 saturated carbocycles. The van der Waals surface area contributed by atoms with Crippen LogP contribution >= 0.6 is 15.9 Å². The monoisotopic (exact) mass is 225 g/mol.